The van der Waals surface area contributed by atoms with Crippen molar-refractivity contribution in [1.82, 2.24) is 5.32 Å². The van der Waals surface area contributed by atoms with Crippen molar-refractivity contribution in [3.05, 3.63) is 71.8 Å². The number of aliphatic hydroxyl groups is 5. The number of hydrogen-bond donors (Lipinski definition) is 6. The van der Waals surface area contributed by atoms with Crippen molar-refractivity contribution >= 4 is 29.8 Å². The fourth-order valence-corrected chi connectivity index (χ4v) is 11.8. The quantitative estimate of drug-likeness (QED) is 0.107. The molecule has 4 unspecified atom stereocenters. The molecule has 1 saturated heterocycles. The number of hydrogen-bond acceptors (Lipinski definition) is 16. The second kappa shape index (κ2) is 18.2. The van der Waals surface area contributed by atoms with Gasteiger partial charge in [-0.2, -0.15) is 0 Å². The lowest BCUT2D eigenvalue weighted by atomic mass is 9.42. The number of alkyl carbamates (subject to hydrolysis) is 1. The highest BCUT2D eigenvalue weighted by atomic mass is 16.6. The van der Waals surface area contributed by atoms with Gasteiger partial charge in [0.2, 0.25) is 6.10 Å². The molecule has 2 aromatic carbocycles. The van der Waals surface area contributed by atoms with Gasteiger partial charge in [-0.15, -0.1) is 0 Å². The average Bonchev–Trinajstić information content (AvgIpc) is 3.69. The summed E-state index contributed by atoms with van der Waals surface area (Å²) in [6.45, 7) is 12.4. The monoisotopic (exact) mass is 923 g/mol. The highest BCUT2D eigenvalue weighted by Gasteiger charge is 2.78. The molecule has 362 valence electrons. The van der Waals surface area contributed by atoms with Crippen LogP contribution < -0.4 is 5.32 Å². The Bertz CT molecular complexity index is 2130. The maximum Gasteiger partial charge on any atom is 0.408 e. The molecule has 1 amide bonds. The van der Waals surface area contributed by atoms with Crippen molar-refractivity contribution in [2.75, 3.05) is 6.61 Å². The first-order valence-electron chi connectivity index (χ1n) is 22.8. The zero-order valence-corrected chi connectivity index (χ0v) is 38.7. The highest BCUT2D eigenvalue weighted by Crippen LogP contribution is 2.66. The Morgan fingerprint density at radius 2 is 1.56 bits per heavy atom. The summed E-state index contributed by atoms with van der Waals surface area (Å²) >= 11 is 0. The number of benzene rings is 2. The number of nitrogens with one attached hydrogen (secondary N) is 1. The molecule has 6 N–H and O–H groups in total. The van der Waals surface area contributed by atoms with Gasteiger partial charge in [-0.1, -0.05) is 88.4 Å². The lowest BCUT2D eigenvalue weighted by molar-refractivity contribution is -0.394. The summed E-state index contributed by atoms with van der Waals surface area (Å²) in [7, 11) is 0. The van der Waals surface area contributed by atoms with Crippen LogP contribution in [0, 0.1) is 34.5 Å². The molecule has 4 saturated carbocycles. The zero-order chi connectivity index (χ0) is 48.3. The minimum atomic E-state index is -2.27. The van der Waals surface area contributed by atoms with E-state index in [1.807, 2.05) is 0 Å². The second-order valence-corrected chi connectivity index (χ2v) is 20.8. The summed E-state index contributed by atoms with van der Waals surface area (Å²) in [5, 5.41) is 65.6. The molecular weight excluding hydrogens is 859 g/mol. The molecule has 5 fully saturated rings. The van der Waals surface area contributed by atoms with Crippen molar-refractivity contribution in [2.24, 2.45) is 34.5 Å². The van der Waals surface area contributed by atoms with Crippen molar-refractivity contribution in [1.29, 1.82) is 0 Å². The van der Waals surface area contributed by atoms with Gasteiger partial charge in [0.15, 0.2) is 11.9 Å². The third kappa shape index (κ3) is 8.76. The average molecular weight is 924 g/mol. The van der Waals surface area contributed by atoms with Crippen LogP contribution in [0.3, 0.4) is 0 Å². The Morgan fingerprint density at radius 1 is 0.939 bits per heavy atom. The summed E-state index contributed by atoms with van der Waals surface area (Å²) in [5.41, 5.74) is -7.57. The first-order chi connectivity index (χ1) is 30.9. The van der Waals surface area contributed by atoms with E-state index in [0.717, 1.165) is 0 Å². The van der Waals surface area contributed by atoms with E-state index in [0.29, 0.717) is 5.56 Å². The fourth-order valence-electron chi connectivity index (χ4n) is 11.8. The van der Waals surface area contributed by atoms with Crippen LogP contribution >= 0.6 is 0 Å². The normalized spacial score (nSPS) is 37.2. The Balaban J connectivity index is 1.35. The zero-order valence-electron chi connectivity index (χ0n) is 38.7. The van der Waals surface area contributed by atoms with Crippen molar-refractivity contribution in [2.45, 2.75) is 159 Å². The third-order valence-electron chi connectivity index (χ3n) is 15.3. The Hall–Kier alpha value is -4.49. The van der Waals surface area contributed by atoms with E-state index < -0.39 is 137 Å². The molecule has 16 atom stereocenters. The fraction of sp³-hybridized carbons (Fsp3) is 0.653. The summed E-state index contributed by atoms with van der Waals surface area (Å²) in [5.74, 6) is -7.23. The van der Waals surface area contributed by atoms with Crippen LogP contribution in [-0.4, -0.2) is 121 Å². The molecule has 2 aromatic rings. The first-order valence-corrected chi connectivity index (χ1v) is 22.8. The third-order valence-corrected chi connectivity index (χ3v) is 15.3. The number of rotatable bonds is 11. The van der Waals surface area contributed by atoms with E-state index in [4.69, 9.17) is 28.4 Å². The summed E-state index contributed by atoms with van der Waals surface area (Å²) < 4.78 is 36.6. The number of esters is 3. The van der Waals surface area contributed by atoms with Gasteiger partial charge in [0.25, 0.3) is 0 Å². The van der Waals surface area contributed by atoms with E-state index in [1.54, 1.807) is 102 Å². The van der Waals surface area contributed by atoms with Crippen LogP contribution in [0.15, 0.2) is 60.7 Å². The van der Waals surface area contributed by atoms with Gasteiger partial charge in [-0.05, 0) is 38.7 Å². The number of aliphatic hydroxyl groups excluding tert-OH is 4. The van der Waals surface area contributed by atoms with Gasteiger partial charge in [0, 0.05) is 60.8 Å². The van der Waals surface area contributed by atoms with Crippen LogP contribution in [0.4, 0.5) is 4.79 Å². The molecule has 5 aliphatic rings. The summed E-state index contributed by atoms with van der Waals surface area (Å²) in [4.78, 5) is 67.7. The maximum atomic E-state index is 15.1. The molecule has 0 spiro atoms. The topological polar surface area (TPSA) is 254 Å². The summed E-state index contributed by atoms with van der Waals surface area (Å²) in [6, 6.07) is 15.1. The van der Waals surface area contributed by atoms with Crippen LogP contribution in [0.1, 0.15) is 111 Å². The van der Waals surface area contributed by atoms with E-state index in [2.05, 4.69) is 5.32 Å². The van der Waals surface area contributed by atoms with Gasteiger partial charge in [0.05, 0.1) is 36.9 Å². The number of ether oxygens (including phenoxy) is 6. The predicted molar refractivity (Wildman–Crippen MR) is 231 cm³/mol. The van der Waals surface area contributed by atoms with Crippen LogP contribution in [0.2, 0.25) is 0 Å². The van der Waals surface area contributed by atoms with Crippen LogP contribution in [0.5, 0.6) is 0 Å². The molecule has 0 aromatic heterocycles. The highest BCUT2D eigenvalue weighted by molar-refractivity contribution is 5.89. The van der Waals surface area contributed by atoms with Gasteiger partial charge < -0.3 is 59.3 Å². The van der Waals surface area contributed by atoms with Crippen molar-refractivity contribution in [3.63, 3.8) is 0 Å². The van der Waals surface area contributed by atoms with Crippen LogP contribution in [-0.2, 0) is 47.6 Å². The number of fused-ring (bicyclic) bond motifs is 5. The number of Topliss-reactive ketones (excluding diaryl/α,β-unsaturated/α-hetero) is 1. The van der Waals surface area contributed by atoms with E-state index in [1.165, 1.54) is 13.8 Å². The second-order valence-electron chi connectivity index (χ2n) is 20.8. The molecule has 17 heteroatoms. The lowest BCUT2D eigenvalue weighted by Crippen LogP contribution is -2.83. The Kier molecular flexibility index (Phi) is 13.6. The van der Waals surface area contributed by atoms with Gasteiger partial charge in [-0.3, -0.25) is 14.4 Å². The van der Waals surface area contributed by atoms with E-state index >= 15 is 4.79 Å². The molecule has 1 aliphatic heterocycles. The predicted octanol–water partition coefficient (Wildman–Crippen LogP) is 3.76. The van der Waals surface area contributed by atoms with Gasteiger partial charge >= 0.3 is 24.0 Å². The number of carbonyl (C=O) groups is 5. The molecular formula is C49H65NO16. The lowest BCUT2D eigenvalue weighted by Gasteiger charge is -2.70. The Morgan fingerprint density at radius 3 is 2.11 bits per heavy atom. The summed E-state index contributed by atoms with van der Waals surface area (Å²) in [6.07, 6.45) is -13.9. The SMILES string of the molecule is CC(=O)O[C@]12COC1C[C@@H](O)[C@@]1(C)[C@H]2[C@@H](OC(O)c2ccccc2)[C@@]2(O)C[C@@H](OC(=O)[C@@H](OC(=O)C3CCC(=O)C3)[C@H](NC(=O)OC(C)(C)C)c3ccccc3)[C@H](C)C([C@H](O)[C@@H]1O)C2(C)C. The number of amides is 1. The van der Waals surface area contributed by atoms with Gasteiger partial charge in [-0.25, -0.2) is 9.59 Å². The Labute approximate surface area is 384 Å². The standard InChI is InChI=1S/C49H65NO16/c1-25-31(62-43(58)37(63-42(57)29-19-20-30(52)21-29)35(27-15-11-9-12-16-27)50-44(59)66-45(3,4)5)23-49(60)40(64-41(56)28-17-13-10-14-18-28)38-47(8,39(55)36(54)34(25)46(49,6)7)32(53)22-33-48(38,24-61-33)65-26(2)51/h9-18,25,29,31-41,53-56,60H,19-24H2,1-8H3,(H,50,59)/t25-,29?,31+,32+,33?,34?,35+,36-,37-,38+,39-,40+,41?,47-,48+,49-/m0/s1. The van der Waals surface area contributed by atoms with Crippen molar-refractivity contribution < 1.29 is 77.9 Å². The molecule has 66 heavy (non-hydrogen) atoms. The first kappa shape index (κ1) is 49.4. The van der Waals surface area contributed by atoms with Crippen LogP contribution in [0.25, 0.3) is 0 Å². The molecule has 0 radical (unpaired) electrons. The molecule has 2 bridgehead atoms. The number of ketones is 1. The molecule has 1 heterocycles. The van der Waals surface area contributed by atoms with Gasteiger partial charge in [0.1, 0.15) is 35.2 Å². The molecule has 17 nitrogen and oxygen atoms in total. The smallest absolute Gasteiger partial charge is 0.408 e. The number of carbonyl (C=O) groups excluding carboxylic acids is 5. The maximum absolute atomic E-state index is 15.1. The molecule has 4 aliphatic carbocycles. The van der Waals surface area contributed by atoms with E-state index in [-0.39, 0.29) is 43.6 Å². The minimum Gasteiger partial charge on any atom is -0.459 e. The van der Waals surface area contributed by atoms with E-state index in [9.17, 15) is 44.7 Å². The largest absolute Gasteiger partial charge is 0.459 e. The minimum absolute atomic E-state index is 0.106. The molecule has 7 rings (SSSR count). The van der Waals surface area contributed by atoms with Crippen molar-refractivity contribution in [3.8, 4) is 0 Å².